The normalized spacial score (nSPS) is 16.7. The van der Waals surface area contributed by atoms with Crippen LogP contribution in [0.4, 0.5) is 20.6 Å². The maximum Gasteiger partial charge on any atom is 0.322 e. The lowest BCUT2D eigenvalue weighted by Crippen LogP contribution is -2.46. The van der Waals surface area contributed by atoms with Crippen LogP contribution in [0.1, 0.15) is 28.4 Å². The van der Waals surface area contributed by atoms with Gasteiger partial charge in [-0.15, -0.1) is 0 Å². The van der Waals surface area contributed by atoms with Gasteiger partial charge in [0.15, 0.2) is 0 Å². The number of amides is 3. The predicted octanol–water partition coefficient (Wildman–Crippen LogP) is 2.87. The average molecular weight is 426 g/mol. The lowest BCUT2D eigenvalue weighted by Gasteiger charge is -2.36. The second-order valence-corrected chi connectivity index (χ2v) is 7.94. The Labute approximate surface area is 181 Å². The minimum atomic E-state index is -0.374. The summed E-state index contributed by atoms with van der Waals surface area (Å²) in [7, 11) is 1.53. The second-order valence-electron chi connectivity index (χ2n) is 7.94. The largest absolute Gasteiger partial charge is 0.367 e. The summed E-state index contributed by atoms with van der Waals surface area (Å²) < 4.78 is 14.5. The van der Waals surface area contributed by atoms with Crippen molar-refractivity contribution in [3.8, 4) is 0 Å². The Balaban J connectivity index is 1.36. The molecule has 0 aliphatic carbocycles. The van der Waals surface area contributed by atoms with Crippen molar-refractivity contribution in [3.05, 3.63) is 58.9 Å². The van der Waals surface area contributed by atoms with Crippen LogP contribution in [0.3, 0.4) is 0 Å². The van der Waals surface area contributed by atoms with Gasteiger partial charge in [0.1, 0.15) is 5.82 Å². The molecule has 1 saturated heterocycles. The van der Waals surface area contributed by atoms with Gasteiger partial charge in [0.2, 0.25) is 0 Å². The first-order chi connectivity index (χ1) is 15.0. The van der Waals surface area contributed by atoms with Crippen molar-refractivity contribution in [1.82, 2.24) is 15.1 Å². The number of nitrogens with one attached hydrogen (secondary N) is 2. The minimum Gasteiger partial charge on any atom is -0.367 e. The summed E-state index contributed by atoms with van der Waals surface area (Å²) in [5.74, 6) is -0.667. The van der Waals surface area contributed by atoms with Gasteiger partial charge in [0.25, 0.3) is 5.91 Å². The van der Waals surface area contributed by atoms with E-state index in [1.54, 1.807) is 17.0 Å². The van der Waals surface area contributed by atoms with Crippen LogP contribution in [-0.2, 0) is 13.1 Å². The highest BCUT2D eigenvalue weighted by Crippen LogP contribution is 2.26. The molecule has 0 unspecified atom stereocenters. The molecule has 2 aliphatic heterocycles. The van der Waals surface area contributed by atoms with Crippen molar-refractivity contribution < 1.29 is 14.0 Å². The monoisotopic (exact) mass is 425 g/mol. The topological polar surface area (TPSA) is 67.9 Å². The van der Waals surface area contributed by atoms with E-state index in [4.69, 9.17) is 0 Å². The van der Waals surface area contributed by atoms with E-state index >= 15 is 0 Å². The van der Waals surface area contributed by atoms with Gasteiger partial charge in [-0.05, 0) is 42.3 Å². The lowest BCUT2D eigenvalue weighted by atomic mass is 10.1. The Morgan fingerprint density at radius 1 is 1.13 bits per heavy atom. The molecule has 8 heteroatoms. The highest BCUT2D eigenvalue weighted by Gasteiger charge is 2.23. The molecule has 2 aliphatic rings. The summed E-state index contributed by atoms with van der Waals surface area (Å²) in [4.78, 5) is 29.9. The van der Waals surface area contributed by atoms with Gasteiger partial charge in [-0.3, -0.25) is 9.69 Å². The molecule has 164 valence electrons. The lowest BCUT2D eigenvalue weighted by molar-refractivity contribution is 0.0962. The zero-order valence-electron chi connectivity index (χ0n) is 17.9. The first-order valence-electron chi connectivity index (χ1n) is 10.6. The number of hydrogen-bond acceptors (Lipinski definition) is 4. The Morgan fingerprint density at radius 3 is 2.58 bits per heavy atom. The minimum absolute atomic E-state index is 0.0507. The van der Waals surface area contributed by atoms with Crippen molar-refractivity contribution in [2.24, 2.45) is 0 Å². The van der Waals surface area contributed by atoms with Crippen LogP contribution < -0.4 is 15.5 Å². The standard InChI is InChI=1S/C23H28FN5O2/c1-3-28-15-18-5-4-16(12-20(18)26-23(28)31)14-27-8-10-29(11-9-27)21-7-6-17(13-19(21)24)22(30)25-2/h4-7,12-13H,3,8-11,14-15H2,1-2H3,(H,25,30)(H,26,31). The molecule has 4 rings (SSSR count). The molecule has 3 amide bonds. The summed E-state index contributed by atoms with van der Waals surface area (Å²) in [6.07, 6.45) is 0. The molecule has 7 nitrogen and oxygen atoms in total. The fourth-order valence-corrected chi connectivity index (χ4v) is 4.16. The van der Waals surface area contributed by atoms with Crippen LogP contribution in [0, 0.1) is 5.82 Å². The molecule has 31 heavy (non-hydrogen) atoms. The van der Waals surface area contributed by atoms with Crippen LogP contribution in [0.25, 0.3) is 0 Å². The van der Waals surface area contributed by atoms with E-state index in [-0.39, 0.29) is 17.8 Å². The van der Waals surface area contributed by atoms with Gasteiger partial charge >= 0.3 is 6.03 Å². The van der Waals surface area contributed by atoms with Gasteiger partial charge in [-0.2, -0.15) is 0 Å². The molecule has 0 saturated carbocycles. The quantitative estimate of drug-likeness (QED) is 0.773. The molecular weight excluding hydrogens is 397 g/mol. The van der Waals surface area contributed by atoms with Crippen molar-refractivity contribution >= 4 is 23.3 Å². The van der Waals surface area contributed by atoms with E-state index in [1.807, 2.05) is 11.8 Å². The van der Waals surface area contributed by atoms with Crippen LogP contribution in [0.2, 0.25) is 0 Å². The SMILES string of the molecule is CCN1Cc2ccc(CN3CCN(c4ccc(C(=O)NC)cc4F)CC3)cc2NC1=O. The number of anilines is 2. The molecule has 2 N–H and O–H groups in total. The summed E-state index contributed by atoms with van der Waals surface area (Å²) in [5.41, 5.74) is 4.03. The van der Waals surface area contributed by atoms with Gasteiger partial charge in [-0.25, -0.2) is 9.18 Å². The van der Waals surface area contributed by atoms with Gasteiger partial charge in [0.05, 0.1) is 5.69 Å². The fraction of sp³-hybridized carbons (Fsp3) is 0.391. The smallest absolute Gasteiger partial charge is 0.322 e. The van der Waals surface area contributed by atoms with E-state index in [0.29, 0.717) is 37.4 Å². The molecule has 2 aromatic rings. The van der Waals surface area contributed by atoms with E-state index in [0.717, 1.165) is 36.4 Å². The van der Waals surface area contributed by atoms with E-state index < -0.39 is 0 Å². The van der Waals surface area contributed by atoms with Crippen molar-refractivity contribution in [2.75, 3.05) is 50.0 Å². The third kappa shape index (κ3) is 4.49. The van der Waals surface area contributed by atoms with Gasteiger partial charge in [0, 0.05) is 64.1 Å². The molecule has 0 bridgehead atoms. The Hall–Kier alpha value is -3.13. The molecule has 0 aromatic heterocycles. The fourth-order valence-electron chi connectivity index (χ4n) is 4.16. The summed E-state index contributed by atoms with van der Waals surface area (Å²) in [5, 5.41) is 5.49. The number of fused-ring (bicyclic) bond motifs is 1. The van der Waals surface area contributed by atoms with Gasteiger partial charge in [-0.1, -0.05) is 12.1 Å². The predicted molar refractivity (Wildman–Crippen MR) is 119 cm³/mol. The number of nitrogens with zero attached hydrogens (tertiary/aromatic N) is 3. The van der Waals surface area contributed by atoms with E-state index in [2.05, 4.69) is 33.7 Å². The van der Waals surface area contributed by atoms with Crippen LogP contribution in [-0.4, -0.2) is 61.5 Å². The number of hydrogen-bond donors (Lipinski definition) is 2. The Morgan fingerprint density at radius 2 is 1.90 bits per heavy atom. The third-order valence-electron chi connectivity index (χ3n) is 6.00. The maximum absolute atomic E-state index is 14.5. The Bertz CT molecular complexity index is 988. The molecule has 2 heterocycles. The number of carbonyl (C=O) groups is 2. The molecule has 2 aromatic carbocycles. The van der Waals surface area contributed by atoms with Crippen LogP contribution in [0.5, 0.6) is 0 Å². The zero-order chi connectivity index (χ0) is 22.0. The maximum atomic E-state index is 14.5. The summed E-state index contributed by atoms with van der Waals surface area (Å²) in [6.45, 7) is 7.13. The number of carbonyl (C=O) groups excluding carboxylic acids is 2. The van der Waals surface area contributed by atoms with Crippen LogP contribution >= 0.6 is 0 Å². The first-order valence-corrected chi connectivity index (χ1v) is 10.6. The van der Waals surface area contributed by atoms with E-state index in [9.17, 15) is 14.0 Å². The number of halogens is 1. The van der Waals surface area contributed by atoms with E-state index in [1.165, 1.54) is 13.1 Å². The first kappa shape index (κ1) is 21.1. The number of urea groups is 1. The molecule has 0 radical (unpaired) electrons. The van der Waals surface area contributed by atoms with Crippen molar-refractivity contribution in [1.29, 1.82) is 0 Å². The van der Waals surface area contributed by atoms with Gasteiger partial charge < -0.3 is 20.4 Å². The summed E-state index contributed by atoms with van der Waals surface area (Å²) >= 11 is 0. The highest BCUT2D eigenvalue weighted by molar-refractivity contribution is 5.94. The Kier molecular flexibility index (Phi) is 6.08. The van der Waals surface area contributed by atoms with Crippen molar-refractivity contribution in [3.63, 3.8) is 0 Å². The molecule has 0 atom stereocenters. The second kappa shape index (κ2) is 8.93. The summed E-state index contributed by atoms with van der Waals surface area (Å²) in [6, 6.07) is 10.8. The molecular formula is C23H28FN5O2. The zero-order valence-corrected chi connectivity index (χ0v) is 17.9. The number of benzene rings is 2. The average Bonchev–Trinajstić information content (AvgIpc) is 2.78. The molecule has 0 spiro atoms. The van der Waals surface area contributed by atoms with Crippen LogP contribution in [0.15, 0.2) is 36.4 Å². The molecule has 1 fully saturated rings. The van der Waals surface area contributed by atoms with Crippen molar-refractivity contribution in [2.45, 2.75) is 20.0 Å². The number of piperazine rings is 1. The highest BCUT2D eigenvalue weighted by atomic mass is 19.1. The third-order valence-corrected chi connectivity index (χ3v) is 6.00. The number of rotatable bonds is 5.